The molecule has 0 bridgehead atoms. The Morgan fingerprint density at radius 3 is 2.41 bits per heavy atom. The second-order valence-electron chi connectivity index (χ2n) is 7.84. The monoisotopic (exact) mass is 508 g/mol. The Labute approximate surface area is 206 Å². The van der Waals surface area contributed by atoms with Gasteiger partial charge in [-0.1, -0.05) is 30.3 Å². The highest BCUT2D eigenvalue weighted by Crippen LogP contribution is 2.38. The van der Waals surface area contributed by atoms with Gasteiger partial charge < -0.3 is 10.4 Å². The summed E-state index contributed by atoms with van der Waals surface area (Å²) in [7, 11) is 0. The lowest BCUT2D eigenvalue weighted by Gasteiger charge is -2.16. The number of halogens is 4. The highest BCUT2D eigenvalue weighted by atomic mass is 19.4. The van der Waals surface area contributed by atoms with Gasteiger partial charge in [0.05, 0.1) is 35.3 Å². The van der Waals surface area contributed by atoms with Crippen molar-refractivity contribution in [3.8, 4) is 22.6 Å². The molecule has 0 fully saturated rings. The van der Waals surface area contributed by atoms with Gasteiger partial charge in [0, 0.05) is 23.5 Å². The van der Waals surface area contributed by atoms with Gasteiger partial charge in [-0.3, -0.25) is 9.20 Å². The molecule has 2 aromatic carbocycles. The maximum Gasteiger partial charge on any atom is 0.417 e. The number of imidazole rings is 1. The summed E-state index contributed by atoms with van der Waals surface area (Å²) in [6, 6.07) is 11.2. The number of aliphatic hydroxyl groups is 1. The minimum Gasteiger partial charge on any atom is -0.390 e. The second kappa shape index (κ2) is 9.39. The highest BCUT2D eigenvalue weighted by molar-refractivity contribution is 6.09. The van der Waals surface area contributed by atoms with E-state index in [2.05, 4.69) is 25.3 Å². The van der Waals surface area contributed by atoms with E-state index in [0.29, 0.717) is 11.3 Å². The molecule has 2 N–H and O–H groups in total. The van der Waals surface area contributed by atoms with Crippen LogP contribution < -0.4 is 5.32 Å². The number of anilines is 1. The summed E-state index contributed by atoms with van der Waals surface area (Å²) in [6.07, 6.45) is 0.347. The molecule has 0 spiro atoms. The summed E-state index contributed by atoms with van der Waals surface area (Å²) in [5, 5.41) is 12.2. The van der Waals surface area contributed by atoms with Crippen LogP contribution in [-0.2, 0) is 12.8 Å². The molecular weight excluding hydrogens is 492 g/mol. The van der Waals surface area contributed by atoms with Crippen molar-refractivity contribution in [1.82, 2.24) is 24.3 Å². The van der Waals surface area contributed by atoms with Gasteiger partial charge in [-0.05, 0) is 18.2 Å². The van der Waals surface area contributed by atoms with Crippen LogP contribution in [0.15, 0.2) is 73.4 Å². The molecule has 0 saturated carbocycles. The first kappa shape index (κ1) is 24.0. The van der Waals surface area contributed by atoms with Crippen molar-refractivity contribution >= 4 is 17.2 Å². The Hall–Kier alpha value is -4.71. The summed E-state index contributed by atoms with van der Waals surface area (Å²) >= 11 is 0. The zero-order chi connectivity index (χ0) is 26.2. The molecule has 1 amide bonds. The summed E-state index contributed by atoms with van der Waals surface area (Å²) < 4.78 is 57.4. The van der Waals surface area contributed by atoms with Crippen molar-refractivity contribution in [1.29, 1.82) is 0 Å². The number of benzene rings is 2. The molecule has 186 valence electrons. The number of hydrogen-bond acceptors (Lipinski definition) is 6. The van der Waals surface area contributed by atoms with Crippen molar-refractivity contribution in [2.45, 2.75) is 12.8 Å². The predicted molar refractivity (Wildman–Crippen MR) is 125 cm³/mol. The number of nitrogens with zero attached hydrogens (tertiary/aromatic N) is 5. The van der Waals surface area contributed by atoms with Crippen LogP contribution in [0, 0.1) is 5.82 Å². The molecule has 0 aliphatic heterocycles. The van der Waals surface area contributed by atoms with E-state index in [0.717, 1.165) is 6.07 Å². The fourth-order valence-electron chi connectivity index (χ4n) is 3.83. The number of nitrogens with one attached hydrogen (secondary N) is 1. The minimum absolute atomic E-state index is 0.0789. The van der Waals surface area contributed by atoms with Gasteiger partial charge >= 0.3 is 6.18 Å². The first-order valence-electron chi connectivity index (χ1n) is 10.8. The fourth-order valence-corrected chi connectivity index (χ4v) is 3.83. The van der Waals surface area contributed by atoms with E-state index in [1.54, 1.807) is 30.3 Å². The Morgan fingerprint density at radius 2 is 1.73 bits per heavy atom. The van der Waals surface area contributed by atoms with Gasteiger partial charge in [-0.2, -0.15) is 13.2 Å². The van der Waals surface area contributed by atoms with Crippen LogP contribution in [0.1, 0.15) is 21.6 Å². The maximum absolute atomic E-state index is 15.0. The molecule has 5 rings (SSSR count). The Bertz CT molecular complexity index is 1610. The molecule has 0 unspecified atom stereocenters. The number of rotatable bonds is 5. The number of amides is 1. The number of aliphatic hydroxyl groups excluding tert-OH is 1. The van der Waals surface area contributed by atoms with Gasteiger partial charge in [0.1, 0.15) is 17.8 Å². The number of aromatic nitrogens is 5. The lowest BCUT2D eigenvalue weighted by Crippen LogP contribution is -2.18. The van der Waals surface area contributed by atoms with E-state index >= 15 is 0 Å². The van der Waals surface area contributed by atoms with Crippen LogP contribution in [0.25, 0.3) is 28.3 Å². The number of hydrogen-bond donors (Lipinski definition) is 2. The van der Waals surface area contributed by atoms with E-state index in [9.17, 15) is 27.5 Å². The first-order valence-corrected chi connectivity index (χ1v) is 10.8. The first-order chi connectivity index (χ1) is 17.8. The third-order valence-electron chi connectivity index (χ3n) is 5.55. The molecule has 0 atom stereocenters. The van der Waals surface area contributed by atoms with Crippen molar-refractivity contribution in [3.63, 3.8) is 0 Å². The number of alkyl halides is 3. The van der Waals surface area contributed by atoms with Gasteiger partial charge in [-0.25, -0.2) is 24.3 Å². The lowest BCUT2D eigenvalue weighted by atomic mass is 10.0. The lowest BCUT2D eigenvalue weighted by molar-refractivity contribution is -0.137. The van der Waals surface area contributed by atoms with Crippen LogP contribution in [-0.4, -0.2) is 35.4 Å². The van der Waals surface area contributed by atoms with E-state index in [1.165, 1.54) is 35.4 Å². The quantitative estimate of drug-likeness (QED) is 0.332. The van der Waals surface area contributed by atoms with Crippen LogP contribution in [0.3, 0.4) is 0 Å². The third kappa shape index (κ3) is 4.49. The summed E-state index contributed by atoms with van der Waals surface area (Å²) in [6.45, 7) is -0.366. The summed E-state index contributed by atoms with van der Waals surface area (Å²) in [4.78, 5) is 29.6. The van der Waals surface area contributed by atoms with Crippen LogP contribution in [0.4, 0.5) is 23.2 Å². The molecule has 5 aromatic rings. The molecule has 8 nitrogen and oxygen atoms in total. The van der Waals surface area contributed by atoms with Crippen molar-refractivity contribution in [2.75, 3.05) is 5.32 Å². The fraction of sp³-hybridized carbons (Fsp3) is 0.0800. The molecule has 0 radical (unpaired) electrons. The number of carbonyl (C=O) groups is 1. The average molecular weight is 508 g/mol. The van der Waals surface area contributed by atoms with Gasteiger partial charge in [0.2, 0.25) is 0 Å². The predicted octanol–water partition coefficient (Wildman–Crippen LogP) is 4.76. The summed E-state index contributed by atoms with van der Waals surface area (Å²) in [5.41, 5.74) is -0.992. The Morgan fingerprint density at radius 1 is 1.00 bits per heavy atom. The van der Waals surface area contributed by atoms with Crippen molar-refractivity contribution < 1.29 is 27.5 Å². The maximum atomic E-state index is 15.0. The molecule has 0 aliphatic rings. The second-order valence-corrected chi connectivity index (χ2v) is 7.84. The van der Waals surface area contributed by atoms with Crippen LogP contribution in [0.2, 0.25) is 0 Å². The normalized spacial score (nSPS) is 11.6. The van der Waals surface area contributed by atoms with E-state index in [-0.39, 0.29) is 35.5 Å². The Balaban J connectivity index is 1.65. The van der Waals surface area contributed by atoms with Crippen LogP contribution >= 0.6 is 0 Å². The SMILES string of the molecule is O=C(Nc1c(-c2ccccc2)ncn2c(CO)cnc12)c1cc(-c2ncccn2)c(C(F)(F)F)cc1F. The summed E-state index contributed by atoms with van der Waals surface area (Å²) in [5.74, 6) is -2.74. The van der Waals surface area contributed by atoms with Crippen molar-refractivity contribution in [3.05, 3.63) is 96.1 Å². The van der Waals surface area contributed by atoms with Gasteiger partial charge in [0.25, 0.3) is 5.91 Å². The Kier molecular flexibility index (Phi) is 6.09. The van der Waals surface area contributed by atoms with Gasteiger partial charge in [-0.15, -0.1) is 0 Å². The van der Waals surface area contributed by atoms with Gasteiger partial charge in [0.15, 0.2) is 11.5 Å². The van der Waals surface area contributed by atoms with E-state index in [1.807, 2.05) is 0 Å². The number of carbonyl (C=O) groups excluding carboxylic acids is 1. The standard InChI is InChI=1S/C25H16F4N6O2/c26-19-10-18(25(27,28)29)16(22-30-7-4-8-31-22)9-17(19)24(37)34-21-20(14-5-2-1-3-6-14)33-13-35-15(12-36)11-32-23(21)35/h1-11,13,36H,12H2,(H,34,37). The molecule has 12 heteroatoms. The smallest absolute Gasteiger partial charge is 0.390 e. The molecular formula is C25H16F4N6O2. The van der Waals surface area contributed by atoms with E-state index < -0.39 is 34.6 Å². The number of fused-ring (bicyclic) bond motifs is 1. The third-order valence-corrected chi connectivity index (χ3v) is 5.55. The highest BCUT2D eigenvalue weighted by Gasteiger charge is 2.36. The molecule has 3 heterocycles. The zero-order valence-corrected chi connectivity index (χ0v) is 18.7. The minimum atomic E-state index is -4.92. The van der Waals surface area contributed by atoms with E-state index in [4.69, 9.17) is 0 Å². The molecule has 0 aliphatic carbocycles. The molecule has 3 aromatic heterocycles. The zero-order valence-electron chi connectivity index (χ0n) is 18.7. The average Bonchev–Trinajstić information content (AvgIpc) is 3.33. The van der Waals surface area contributed by atoms with Crippen LogP contribution in [0.5, 0.6) is 0 Å². The topological polar surface area (TPSA) is 105 Å². The largest absolute Gasteiger partial charge is 0.417 e. The molecule has 37 heavy (non-hydrogen) atoms. The van der Waals surface area contributed by atoms with Crippen molar-refractivity contribution in [2.24, 2.45) is 0 Å². The molecule has 0 saturated heterocycles.